The summed E-state index contributed by atoms with van der Waals surface area (Å²) in [6.45, 7) is 10.9. The van der Waals surface area contributed by atoms with Gasteiger partial charge in [0.05, 0.1) is 23.2 Å². The molecule has 29 heavy (non-hydrogen) atoms. The fourth-order valence-corrected chi connectivity index (χ4v) is 2.59. The predicted octanol–water partition coefficient (Wildman–Crippen LogP) is 4.35. The van der Waals surface area contributed by atoms with Gasteiger partial charge >= 0.3 is 11.9 Å². The van der Waals surface area contributed by atoms with Gasteiger partial charge in [0.1, 0.15) is 5.60 Å². The SMILES string of the molecule is C[C@@H](NCC(=O)OC(C)(C)C)c1ccc2ccc(/C=C/C(C)(C)C(=O)O)cc2n1. The number of benzene rings is 1. The Morgan fingerprint density at radius 2 is 1.83 bits per heavy atom. The summed E-state index contributed by atoms with van der Waals surface area (Å²) in [5.41, 5.74) is 1.05. The number of carboxylic acid groups (broad SMARTS) is 1. The Morgan fingerprint density at radius 3 is 2.45 bits per heavy atom. The lowest BCUT2D eigenvalue weighted by atomic mass is 9.92. The largest absolute Gasteiger partial charge is 0.481 e. The first-order valence-corrected chi connectivity index (χ1v) is 9.66. The molecule has 0 bridgehead atoms. The van der Waals surface area contributed by atoms with Gasteiger partial charge in [-0.3, -0.25) is 19.9 Å². The number of aromatic nitrogens is 1. The Hall–Kier alpha value is -2.73. The van der Waals surface area contributed by atoms with Crippen molar-refractivity contribution in [3.05, 3.63) is 47.7 Å². The molecule has 0 aliphatic carbocycles. The van der Waals surface area contributed by atoms with E-state index < -0.39 is 17.0 Å². The van der Waals surface area contributed by atoms with E-state index in [1.165, 1.54) is 0 Å². The van der Waals surface area contributed by atoms with Gasteiger partial charge in [-0.25, -0.2) is 0 Å². The van der Waals surface area contributed by atoms with Crippen molar-refractivity contribution < 1.29 is 19.4 Å². The maximum atomic E-state index is 11.9. The number of pyridine rings is 1. The summed E-state index contributed by atoms with van der Waals surface area (Å²) in [4.78, 5) is 27.9. The topological polar surface area (TPSA) is 88.5 Å². The Kier molecular flexibility index (Phi) is 6.80. The van der Waals surface area contributed by atoms with E-state index >= 15 is 0 Å². The van der Waals surface area contributed by atoms with Crippen molar-refractivity contribution in [3.63, 3.8) is 0 Å². The zero-order chi connectivity index (χ0) is 21.8. The Bertz CT molecular complexity index is 926. The van der Waals surface area contributed by atoms with Crippen molar-refractivity contribution in [2.24, 2.45) is 5.41 Å². The average Bonchev–Trinajstić information content (AvgIpc) is 2.62. The first-order valence-electron chi connectivity index (χ1n) is 9.66. The van der Waals surface area contributed by atoms with Gasteiger partial charge in [0, 0.05) is 11.4 Å². The van der Waals surface area contributed by atoms with E-state index in [9.17, 15) is 14.7 Å². The van der Waals surface area contributed by atoms with Crippen LogP contribution in [0.5, 0.6) is 0 Å². The number of carbonyl (C=O) groups is 2. The van der Waals surface area contributed by atoms with Crippen LogP contribution in [0, 0.1) is 5.41 Å². The van der Waals surface area contributed by atoms with E-state index in [-0.39, 0.29) is 18.6 Å². The summed E-state index contributed by atoms with van der Waals surface area (Å²) in [6, 6.07) is 9.60. The van der Waals surface area contributed by atoms with Crippen molar-refractivity contribution in [1.82, 2.24) is 10.3 Å². The van der Waals surface area contributed by atoms with Gasteiger partial charge in [-0.05, 0) is 59.2 Å². The Balaban J connectivity index is 2.14. The van der Waals surface area contributed by atoms with E-state index in [1.54, 1.807) is 26.0 Å². The fraction of sp³-hybridized carbons (Fsp3) is 0.435. The zero-order valence-electron chi connectivity index (χ0n) is 17.9. The molecule has 1 aromatic carbocycles. The molecule has 1 atom stereocenters. The molecule has 0 saturated carbocycles. The van der Waals surface area contributed by atoms with Crippen LogP contribution in [-0.4, -0.2) is 34.2 Å². The number of rotatable bonds is 7. The van der Waals surface area contributed by atoms with Gasteiger partial charge in [-0.15, -0.1) is 0 Å². The molecule has 156 valence electrons. The van der Waals surface area contributed by atoms with Crippen LogP contribution in [0.2, 0.25) is 0 Å². The highest BCUT2D eigenvalue weighted by atomic mass is 16.6. The fourth-order valence-electron chi connectivity index (χ4n) is 2.59. The second kappa shape index (κ2) is 8.74. The lowest BCUT2D eigenvalue weighted by Crippen LogP contribution is -2.32. The van der Waals surface area contributed by atoms with Crippen LogP contribution in [0.3, 0.4) is 0 Å². The number of aliphatic carboxylic acids is 1. The smallest absolute Gasteiger partial charge is 0.320 e. The van der Waals surface area contributed by atoms with E-state index in [2.05, 4.69) is 5.32 Å². The molecule has 0 aliphatic rings. The molecule has 0 saturated heterocycles. The predicted molar refractivity (Wildman–Crippen MR) is 114 cm³/mol. The normalized spacial score (nSPS) is 13.6. The van der Waals surface area contributed by atoms with Crippen molar-refractivity contribution in [2.45, 2.75) is 53.2 Å². The van der Waals surface area contributed by atoms with Crippen LogP contribution in [0.25, 0.3) is 17.0 Å². The lowest BCUT2D eigenvalue weighted by Gasteiger charge is -2.20. The number of carbonyl (C=O) groups excluding carboxylic acids is 1. The van der Waals surface area contributed by atoms with Crippen LogP contribution >= 0.6 is 0 Å². The van der Waals surface area contributed by atoms with E-state index in [0.29, 0.717) is 0 Å². The number of hydrogen-bond acceptors (Lipinski definition) is 5. The van der Waals surface area contributed by atoms with E-state index in [0.717, 1.165) is 22.2 Å². The summed E-state index contributed by atoms with van der Waals surface area (Å²) in [5, 5.41) is 13.4. The van der Waals surface area contributed by atoms with Crippen molar-refractivity contribution in [1.29, 1.82) is 0 Å². The minimum absolute atomic E-state index is 0.102. The molecule has 2 rings (SSSR count). The highest BCUT2D eigenvalue weighted by Gasteiger charge is 2.23. The summed E-state index contributed by atoms with van der Waals surface area (Å²) >= 11 is 0. The molecule has 0 unspecified atom stereocenters. The molecule has 0 aliphatic heterocycles. The zero-order valence-corrected chi connectivity index (χ0v) is 17.9. The third-order valence-electron chi connectivity index (χ3n) is 4.40. The number of esters is 1. The van der Waals surface area contributed by atoms with Gasteiger partial charge in [0.15, 0.2) is 0 Å². The molecule has 1 heterocycles. The summed E-state index contributed by atoms with van der Waals surface area (Å²) in [6.07, 6.45) is 3.47. The summed E-state index contributed by atoms with van der Waals surface area (Å²) < 4.78 is 5.31. The minimum Gasteiger partial charge on any atom is -0.481 e. The maximum absolute atomic E-state index is 11.9. The third-order valence-corrected chi connectivity index (χ3v) is 4.40. The summed E-state index contributed by atoms with van der Waals surface area (Å²) in [7, 11) is 0. The van der Waals surface area contributed by atoms with Gasteiger partial charge in [0.2, 0.25) is 0 Å². The summed E-state index contributed by atoms with van der Waals surface area (Å²) in [5.74, 6) is -1.18. The molecule has 6 nitrogen and oxygen atoms in total. The molecule has 0 fully saturated rings. The van der Waals surface area contributed by atoms with Crippen molar-refractivity contribution in [2.75, 3.05) is 6.54 Å². The van der Waals surface area contributed by atoms with Gasteiger partial charge in [0.25, 0.3) is 0 Å². The lowest BCUT2D eigenvalue weighted by molar-refractivity contribution is -0.153. The first-order chi connectivity index (χ1) is 13.4. The molecule has 2 N–H and O–H groups in total. The second-order valence-corrected chi connectivity index (χ2v) is 8.74. The number of hydrogen-bond donors (Lipinski definition) is 2. The average molecular weight is 399 g/mol. The molecule has 0 radical (unpaired) electrons. The quantitative estimate of drug-likeness (QED) is 0.674. The number of fused-ring (bicyclic) bond motifs is 1. The second-order valence-electron chi connectivity index (χ2n) is 8.74. The molecule has 1 aromatic heterocycles. The van der Waals surface area contributed by atoms with Gasteiger partial charge in [-0.1, -0.05) is 30.4 Å². The standard InChI is InChI=1S/C23H30N2O4/c1-15(24-14-20(26)29-22(2,3)4)18-10-9-17-8-7-16(13-19(17)25-18)11-12-23(5,6)21(27)28/h7-13,15,24H,14H2,1-6H3,(H,27,28)/b12-11+/t15-/m1/s1. The van der Waals surface area contributed by atoms with Crippen LogP contribution in [0.15, 0.2) is 36.4 Å². The highest BCUT2D eigenvalue weighted by Crippen LogP contribution is 2.22. The highest BCUT2D eigenvalue weighted by molar-refractivity contribution is 5.82. The van der Waals surface area contributed by atoms with Crippen LogP contribution in [0.4, 0.5) is 0 Å². The molecular weight excluding hydrogens is 368 g/mol. The van der Waals surface area contributed by atoms with Crippen molar-refractivity contribution in [3.8, 4) is 0 Å². The molecular formula is C23H30N2O4. The van der Waals surface area contributed by atoms with E-state index in [4.69, 9.17) is 9.72 Å². The Morgan fingerprint density at radius 1 is 1.17 bits per heavy atom. The third kappa shape index (κ3) is 6.68. The maximum Gasteiger partial charge on any atom is 0.320 e. The molecule has 0 amide bonds. The molecule has 6 heteroatoms. The van der Waals surface area contributed by atoms with Gasteiger partial charge < -0.3 is 9.84 Å². The molecule has 2 aromatic rings. The van der Waals surface area contributed by atoms with Gasteiger partial charge in [-0.2, -0.15) is 0 Å². The first kappa shape index (κ1) is 22.6. The Labute approximate surface area is 172 Å². The van der Waals surface area contributed by atoms with Crippen LogP contribution < -0.4 is 5.32 Å². The minimum atomic E-state index is -0.940. The number of nitrogens with zero attached hydrogens (tertiary/aromatic N) is 1. The number of carboxylic acids is 1. The number of nitrogens with one attached hydrogen (secondary N) is 1. The monoisotopic (exact) mass is 398 g/mol. The van der Waals surface area contributed by atoms with Crippen LogP contribution in [-0.2, 0) is 14.3 Å². The number of ether oxygens (including phenoxy) is 1. The van der Waals surface area contributed by atoms with E-state index in [1.807, 2.05) is 58.0 Å². The molecule has 0 spiro atoms. The van der Waals surface area contributed by atoms with Crippen LogP contribution in [0.1, 0.15) is 58.8 Å². The van der Waals surface area contributed by atoms with Crippen molar-refractivity contribution >= 4 is 28.9 Å².